The van der Waals surface area contributed by atoms with Crippen LogP contribution in [-0.2, 0) is 4.79 Å². The molecule has 0 aromatic carbocycles. The van der Waals surface area contributed by atoms with Crippen LogP contribution >= 0.6 is 11.8 Å². The number of Topliss-reactive ketones (excluding diaryl/α,β-unsaturated/α-hetero) is 1. The molecule has 0 N–H and O–H groups in total. The summed E-state index contributed by atoms with van der Waals surface area (Å²) in [6.45, 7) is 0. The molecule has 2 bridgehead atoms. The van der Waals surface area contributed by atoms with E-state index >= 15 is 0 Å². The van der Waals surface area contributed by atoms with Crippen molar-refractivity contribution >= 4 is 17.5 Å². The molecule has 0 aromatic heterocycles. The zero-order valence-corrected chi connectivity index (χ0v) is 8.33. The highest BCUT2D eigenvalue weighted by Gasteiger charge is 2.49. The van der Waals surface area contributed by atoms with Crippen molar-refractivity contribution in [1.29, 1.82) is 0 Å². The van der Waals surface area contributed by atoms with Crippen LogP contribution in [-0.4, -0.2) is 22.5 Å². The molecule has 0 radical (unpaired) electrons. The van der Waals surface area contributed by atoms with Gasteiger partial charge in [-0.15, -0.1) is 0 Å². The standard InChI is InChI=1S/C9H11F3OS/c10-9(11,12)7-3-5-1-2-6(14-5)4-8(7)13/h5-7H,1-4H2. The first-order valence-electron chi connectivity index (χ1n) is 4.71. The minimum atomic E-state index is -4.33. The fraction of sp³-hybridized carbons (Fsp3) is 0.889. The van der Waals surface area contributed by atoms with E-state index in [-0.39, 0.29) is 23.3 Å². The fourth-order valence-corrected chi connectivity index (χ4v) is 3.83. The van der Waals surface area contributed by atoms with E-state index in [0.717, 1.165) is 12.8 Å². The third-order valence-corrected chi connectivity index (χ3v) is 4.51. The summed E-state index contributed by atoms with van der Waals surface area (Å²) < 4.78 is 37.4. The van der Waals surface area contributed by atoms with E-state index in [1.165, 1.54) is 0 Å². The van der Waals surface area contributed by atoms with Gasteiger partial charge in [0.1, 0.15) is 11.7 Å². The van der Waals surface area contributed by atoms with Crippen LogP contribution in [0, 0.1) is 5.92 Å². The molecule has 80 valence electrons. The first-order chi connectivity index (χ1) is 6.47. The Morgan fingerprint density at radius 1 is 1.21 bits per heavy atom. The van der Waals surface area contributed by atoms with Crippen molar-refractivity contribution < 1.29 is 18.0 Å². The van der Waals surface area contributed by atoms with Crippen molar-refractivity contribution in [3.63, 3.8) is 0 Å². The Hall–Kier alpha value is -0.190. The van der Waals surface area contributed by atoms with Gasteiger partial charge in [0.2, 0.25) is 0 Å². The molecular formula is C9H11F3OS. The lowest BCUT2D eigenvalue weighted by molar-refractivity contribution is -0.182. The summed E-state index contributed by atoms with van der Waals surface area (Å²) in [4.78, 5) is 11.3. The number of rotatable bonds is 0. The smallest absolute Gasteiger partial charge is 0.299 e. The molecule has 5 heteroatoms. The van der Waals surface area contributed by atoms with Crippen LogP contribution in [0.4, 0.5) is 13.2 Å². The van der Waals surface area contributed by atoms with Gasteiger partial charge < -0.3 is 0 Å². The van der Waals surface area contributed by atoms with E-state index in [9.17, 15) is 18.0 Å². The Bertz CT molecular complexity index is 251. The molecule has 3 atom stereocenters. The lowest BCUT2D eigenvalue weighted by Gasteiger charge is -2.20. The number of ketones is 1. The minimum absolute atomic E-state index is 0.00347. The van der Waals surface area contributed by atoms with Gasteiger partial charge in [-0.2, -0.15) is 24.9 Å². The zero-order chi connectivity index (χ0) is 10.3. The Kier molecular flexibility index (Phi) is 2.53. The summed E-state index contributed by atoms with van der Waals surface area (Å²) in [6, 6.07) is 0. The predicted octanol–water partition coefficient (Wildman–Crippen LogP) is 2.79. The molecular weight excluding hydrogens is 213 g/mol. The Morgan fingerprint density at radius 3 is 2.50 bits per heavy atom. The number of carbonyl (C=O) groups is 1. The van der Waals surface area contributed by atoms with Crippen LogP contribution in [0.3, 0.4) is 0 Å². The van der Waals surface area contributed by atoms with Crippen LogP contribution in [0.5, 0.6) is 0 Å². The van der Waals surface area contributed by atoms with E-state index in [1.54, 1.807) is 11.8 Å². The maximum atomic E-state index is 12.5. The highest BCUT2D eigenvalue weighted by atomic mass is 32.2. The van der Waals surface area contributed by atoms with E-state index in [0.29, 0.717) is 0 Å². The van der Waals surface area contributed by atoms with Crippen molar-refractivity contribution in [2.24, 2.45) is 5.92 Å². The summed E-state index contributed by atoms with van der Waals surface area (Å²) >= 11 is 1.58. The minimum Gasteiger partial charge on any atom is -0.299 e. The fourth-order valence-electron chi connectivity index (χ4n) is 2.18. The molecule has 0 saturated carbocycles. The van der Waals surface area contributed by atoms with Gasteiger partial charge in [-0.3, -0.25) is 4.79 Å². The normalized spacial score (nSPS) is 38.5. The molecule has 2 rings (SSSR count). The van der Waals surface area contributed by atoms with Gasteiger partial charge in [0.15, 0.2) is 0 Å². The Morgan fingerprint density at radius 2 is 1.86 bits per heavy atom. The van der Waals surface area contributed by atoms with Crippen molar-refractivity contribution in [2.75, 3.05) is 0 Å². The summed E-state index contributed by atoms with van der Waals surface area (Å²) in [5.74, 6) is -2.29. The quantitative estimate of drug-likeness (QED) is 0.629. The van der Waals surface area contributed by atoms with Crippen LogP contribution < -0.4 is 0 Å². The molecule has 2 aliphatic rings. The maximum Gasteiger partial charge on any atom is 0.398 e. The SMILES string of the molecule is O=C1CC2CCC(CC1C(F)(F)F)S2. The van der Waals surface area contributed by atoms with Gasteiger partial charge in [-0.05, 0) is 19.3 Å². The first-order valence-corrected chi connectivity index (χ1v) is 5.66. The van der Waals surface area contributed by atoms with Gasteiger partial charge in [0.25, 0.3) is 0 Å². The number of fused-ring (bicyclic) bond motifs is 2. The summed E-state index contributed by atoms with van der Waals surface area (Å²) in [7, 11) is 0. The topological polar surface area (TPSA) is 17.1 Å². The maximum absolute atomic E-state index is 12.5. The van der Waals surface area contributed by atoms with Crippen LogP contribution in [0.25, 0.3) is 0 Å². The second kappa shape index (κ2) is 3.43. The number of carbonyl (C=O) groups excluding carboxylic acids is 1. The monoisotopic (exact) mass is 224 g/mol. The van der Waals surface area contributed by atoms with Crippen LogP contribution in [0.2, 0.25) is 0 Å². The lowest BCUT2D eigenvalue weighted by Crippen LogP contribution is -2.33. The van der Waals surface area contributed by atoms with E-state index < -0.39 is 17.9 Å². The summed E-state index contributed by atoms with van der Waals surface area (Å²) in [5.41, 5.74) is 0. The third kappa shape index (κ3) is 1.92. The third-order valence-electron chi connectivity index (χ3n) is 2.91. The van der Waals surface area contributed by atoms with Gasteiger partial charge in [-0.25, -0.2) is 0 Å². The molecule has 0 aliphatic carbocycles. The zero-order valence-electron chi connectivity index (χ0n) is 7.51. The van der Waals surface area contributed by atoms with Gasteiger partial charge >= 0.3 is 6.18 Å². The number of hydrogen-bond acceptors (Lipinski definition) is 2. The van der Waals surface area contributed by atoms with E-state index in [2.05, 4.69) is 0 Å². The predicted molar refractivity (Wildman–Crippen MR) is 48.2 cm³/mol. The van der Waals surface area contributed by atoms with E-state index in [1.807, 2.05) is 0 Å². The highest BCUT2D eigenvalue weighted by molar-refractivity contribution is 8.00. The largest absolute Gasteiger partial charge is 0.398 e. The average molecular weight is 224 g/mol. The van der Waals surface area contributed by atoms with E-state index in [4.69, 9.17) is 0 Å². The summed E-state index contributed by atoms with van der Waals surface area (Å²) in [6.07, 6.45) is -2.46. The second-order valence-electron chi connectivity index (χ2n) is 3.96. The number of hydrogen-bond donors (Lipinski definition) is 0. The number of halogens is 3. The second-order valence-corrected chi connectivity index (χ2v) is 5.56. The summed E-state index contributed by atoms with van der Waals surface area (Å²) in [5, 5.41) is 0.206. The number of alkyl halides is 3. The number of thioether (sulfide) groups is 1. The van der Waals surface area contributed by atoms with Crippen molar-refractivity contribution in [3.05, 3.63) is 0 Å². The molecule has 14 heavy (non-hydrogen) atoms. The van der Waals surface area contributed by atoms with Crippen molar-refractivity contribution in [1.82, 2.24) is 0 Å². The first kappa shape index (κ1) is 10.3. The van der Waals surface area contributed by atoms with Crippen LogP contribution in [0.1, 0.15) is 25.7 Å². The highest BCUT2D eigenvalue weighted by Crippen LogP contribution is 2.46. The molecule has 2 fully saturated rings. The van der Waals surface area contributed by atoms with Gasteiger partial charge in [0.05, 0.1) is 0 Å². The molecule has 3 unspecified atom stereocenters. The van der Waals surface area contributed by atoms with Crippen LogP contribution in [0.15, 0.2) is 0 Å². The average Bonchev–Trinajstić information content (AvgIpc) is 2.36. The molecule has 2 aliphatic heterocycles. The van der Waals surface area contributed by atoms with Crippen molar-refractivity contribution in [3.8, 4) is 0 Å². The van der Waals surface area contributed by atoms with Gasteiger partial charge in [-0.1, -0.05) is 0 Å². The molecule has 0 spiro atoms. The Labute approximate surface area is 84.4 Å². The Balaban J connectivity index is 2.15. The molecule has 0 aromatic rings. The molecule has 1 nitrogen and oxygen atoms in total. The molecule has 0 amide bonds. The van der Waals surface area contributed by atoms with Crippen molar-refractivity contribution in [2.45, 2.75) is 42.4 Å². The van der Waals surface area contributed by atoms with Gasteiger partial charge in [0, 0.05) is 16.9 Å². The molecule has 2 heterocycles. The molecule has 2 saturated heterocycles. The lowest BCUT2D eigenvalue weighted by atomic mass is 9.90.